The van der Waals surface area contributed by atoms with Crippen LogP contribution in [0.2, 0.25) is 0 Å². The number of hydrogen-bond acceptors (Lipinski definition) is 4. The lowest BCUT2D eigenvalue weighted by Gasteiger charge is -2.39. The molecule has 3 atom stereocenters. The first kappa shape index (κ1) is 19.3. The molecule has 0 spiro atoms. The zero-order valence-electron chi connectivity index (χ0n) is 17.7. The number of nitrogens with zero attached hydrogens (tertiary/aromatic N) is 4. The molecule has 30 heavy (non-hydrogen) atoms. The Hall–Kier alpha value is -2.68. The molecule has 5 heteroatoms. The van der Waals surface area contributed by atoms with Crippen LogP contribution in [0.25, 0.3) is 11.0 Å². The number of likely N-dealkylation sites (tertiary alicyclic amines) is 1. The van der Waals surface area contributed by atoms with Crippen molar-refractivity contribution in [2.45, 2.75) is 38.3 Å². The summed E-state index contributed by atoms with van der Waals surface area (Å²) >= 11 is 0. The Morgan fingerprint density at radius 1 is 1.17 bits per heavy atom. The molecule has 5 rings (SSSR count). The summed E-state index contributed by atoms with van der Waals surface area (Å²) in [6.07, 6.45) is 5.40. The Morgan fingerprint density at radius 3 is 2.87 bits per heavy atom. The molecular formula is C25H28N4O. The zero-order chi connectivity index (χ0) is 20.7. The van der Waals surface area contributed by atoms with E-state index in [0.29, 0.717) is 12.0 Å². The molecule has 1 aliphatic carbocycles. The van der Waals surface area contributed by atoms with Gasteiger partial charge in [-0.25, -0.2) is 4.98 Å². The highest BCUT2D eigenvalue weighted by Gasteiger charge is 2.33. The number of ether oxygens (including phenoxy) is 1. The maximum Gasteiger partial charge on any atom is 0.0991 e. The molecule has 2 aromatic carbocycles. The number of aromatic nitrogens is 2. The van der Waals surface area contributed by atoms with E-state index in [4.69, 9.17) is 10.00 Å². The lowest BCUT2D eigenvalue weighted by atomic mass is 9.98. The van der Waals surface area contributed by atoms with Crippen molar-refractivity contribution < 1.29 is 4.74 Å². The van der Waals surface area contributed by atoms with Gasteiger partial charge in [0.2, 0.25) is 0 Å². The molecule has 1 saturated heterocycles. The monoisotopic (exact) mass is 400 g/mol. The second-order valence-electron chi connectivity index (χ2n) is 8.90. The quantitative estimate of drug-likeness (QED) is 0.667. The SMILES string of the molecule is CO[C@@H]1CN(C[C@H]2Cc3ccc(C#N)cc3C2)CC[C@H]1n1cnc2cc(C)ccc21. The fourth-order valence-corrected chi connectivity index (χ4v) is 5.36. The summed E-state index contributed by atoms with van der Waals surface area (Å²) in [6, 6.07) is 15.2. The Balaban J connectivity index is 1.27. The smallest absolute Gasteiger partial charge is 0.0991 e. The van der Waals surface area contributed by atoms with E-state index in [2.05, 4.69) is 57.8 Å². The number of hydrogen-bond donors (Lipinski definition) is 0. The van der Waals surface area contributed by atoms with Crippen molar-refractivity contribution in [3.05, 3.63) is 65.0 Å². The third-order valence-electron chi connectivity index (χ3n) is 6.87. The van der Waals surface area contributed by atoms with Gasteiger partial charge in [-0.3, -0.25) is 0 Å². The predicted octanol–water partition coefficient (Wildman–Crippen LogP) is 3.89. The van der Waals surface area contributed by atoms with Gasteiger partial charge in [-0.05, 0) is 73.1 Å². The molecule has 0 saturated carbocycles. The third-order valence-corrected chi connectivity index (χ3v) is 6.87. The topological polar surface area (TPSA) is 54.1 Å². The molecule has 3 aromatic rings. The highest BCUT2D eigenvalue weighted by atomic mass is 16.5. The summed E-state index contributed by atoms with van der Waals surface area (Å²) in [7, 11) is 1.83. The summed E-state index contributed by atoms with van der Waals surface area (Å²) < 4.78 is 8.28. The lowest BCUT2D eigenvalue weighted by molar-refractivity contribution is -0.00875. The van der Waals surface area contributed by atoms with Crippen LogP contribution in [0.15, 0.2) is 42.7 Å². The normalized spacial score (nSPS) is 24.1. The van der Waals surface area contributed by atoms with Crippen LogP contribution in [0.5, 0.6) is 0 Å². The van der Waals surface area contributed by atoms with Gasteiger partial charge in [0.1, 0.15) is 0 Å². The van der Waals surface area contributed by atoms with Gasteiger partial charge in [0.05, 0.1) is 41.1 Å². The summed E-state index contributed by atoms with van der Waals surface area (Å²) in [4.78, 5) is 7.20. The van der Waals surface area contributed by atoms with Gasteiger partial charge >= 0.3 is 0 Å². The molecule has 154 valence electrons. The van der Waals surface area contributed by atoms with Crippen molar-refractivity contribution in [3.8, 4) is 6.07 Å². The number of methoxy groups -OCH3 is 1. The van der Waals surface area contributed by atoms with Gasteiger partial charge in [-0.2, -0.15) is 5.26 Å². The maximum atomic E-state index is 9.16. The summed E-state index contributed by atoms with van der Waals surface area (Å²) in [6.45, 7) is 5.22. The molecule has 2 heterocycles. The van der Waals surface area contributed by atoms with Gasteiger partial charge in [0.25, 0.3) is 0 Å². The highest BCUT2D eigenvalue weighted by Crippen LogP contribution is 2.32. The van der Waals surface area contributed by atoms with Crippen molar-refractivity contribution in [3.63, 3.8) is 0 Å². The van der Waals surface area contributed by atoms with Crippen molar-refractivity contribution in [2.24, 2.45) is 5.92 Å². The van der Waals surface area contributed by atoms with E-state index in [1.807, 2.05) is 19.5 Å². The fraction of sp³-hybridized carbons (Fsp3) is 0.440. The minimum Gasteiger partial charge on any atom is -0.378 e. The zero-order valence-corrected chi connectivity index (χ0v) is 17.7. The first-order valence-corrected chi connectivity index (χ1v) is 10.8. The number of piperidine rings is 1. The van der Waals surface area contributed by atoms with Gasteiger partial charge < -0.3 is 14.2 Å². The highest BCUT2D eigenvalue weighted by molar-refractivity contribution is 5.76. The Bertz CT molecular complexity index is 1110. The number of nitriles is 1. The molecule has 0 bridgehead atoms. The largest absolute Gasteiger partial charge is 0.378 e. The van der Waals surface area contributed by atoms with Crippen LogP contribution >= 0.6 is 0 Å². The van der Waals surface area contributed by atoms with Gasteiger partial charge in [-0.1, -0.05) is 12.1 Å². The minimum absolute atomic E-state index is 0.159. The van der Waals surface area contributed by atoms with E-state index in [-0.39, 0.29) is 6.10 Å². The first-order chi connectivity index (χ1) is 14.6. The number of benzene rings is 2. The lowest BCUT2D eigenvalue weighted by Crippen LogP contribution is -2.47. The fourth-order valence-electron chi connectivity index (χ4n) is 5.36. The summed E-state index contributed by atoms with van der Waals surface area (Å²) in [5.41, 5.74) is 7.05. The minimum atomic E-state index is 0.159. The van der Waals surface area contributed by atoms with E-state index >= 15 is 0 Å². The van der Waals surface area contributed by atoms with Crippen LogP contribution in [-0.4, -0.2) is 47.3 Å². The van der Waals surface area contributed by atoms with Gasteiger partial charge in [0.15, 0.2) is 0 Å². The molecule has 0 radical (unpaired) electrons. The van der Waals surface area contributed by atoms with Crippen LogP contribution in [0.4, 0.5) is 0 Å². The maximum absolute atomic E-state index is 9.16. The molecular weight excluding hydrogens is 372 g/mol. The van der Waals surface area contributed by atoms with Crippen LogP contribution in [0.1, 0.15) is 34.7 Å². The van der Waals surface area contributed by atoms with E-state index in [9.17, 15) is 0 Å². The third kappa shape index (κ3) is 3.51. The van der Waals surface area contributed by atoms with Crippen LogP contribution < -0.4 is 0 Å². The van der Waals surface area contributed by atoms with E-state index in [1.165, 1.54) is 22.2 Å². The predicted molar refractivity (Wildman–Crippen MR) is 117 cm³/mol. The summed E-state index contributed by atoms with van der Waals surface area (Å²) in [5, 5.41) is 9.16. The van der Waals surface area contributed by atoms with Crippen LogP contribution in [0, 0.1) is 24.2 Å². The van der Waals surface area contributed by atoms with E-state index in [0.717, 1.165) is 50.0 Å². The number of fused-ring (bicyclic) bond motifs is 2. The van der Waals surface area contributed by atoms with Gasteiger partial charge in [-0.15, -0.1) is 0 Å². The van der Waals surface area contributed by atoms with Crippen LogP contribution in [-0.2, 0) is 17.6 Å². The Labute approximate surface area is 177 Å². The Kier molecular flexibility index (Phi) is 5.06. The molecule has 0 unspecified atom stereocenters. The molecule has 0 N–H and O–H groups in total. The number of aryl methyl sites for hydroxylation is 1. The molecule has 0 amide bonds. The molecule has 1 aromatic heterocycles. The standard InChI is InChI=1S/C25H28N4O/c1-17-3-6-23-22(9-17)27-16-29(23)24-7-8-28(15-25(24)30-2)14-19-11-20-5-4-18(13-26)10-21(20)12-19/h3-6,9-10,16,19,24-25H,7-8,11-12,14-15H2,1-2H3/t19-,24+,25+/m0/s1. The summed E-state index contributed by atoms with van der Waals surface area (Å²) in [5.74, 6) is 0.625. The number of imidazole rings is 1. The van der Waals surface area contributed by atoms with Crippen molar-refractivity contribution >= 4 is 11.0 Å². The van der Waals surface area contributed by atoms with E-state index < -0.39 is 0 Å². The molecule has 2 aliphatic rings. The average molecular weight is 401 g/mol. The molecule has 1 aliphatic heterocycles. The van der Waals surface area contributed by atoms with E-state index in [1.54, 1.807) is 0 Å². The van der Waals surface area contributed by atoms with Crippen molar-refractivity contribution in [2.75, 3.05) is 26.7 Å². The van der Waals surface area contributed by atoms with Crippen molar-refractivity contribution in [1.29, 1.82) is 5.26 Å². The second-order valence-corrected chi connectivity index (χ2v) is 8.90. The molecule has 1 fully saturated rings. The first-order valence-electron chi connectivity index (χ1n) is 10.8. The van der Waals surface area contributed by atoms with Crippen LogP contribution in [0.3, 0.4) is 0 Å². The number of rotatable bonds is 4. The average Bonchev–Trinajstić information content (AvgIpc) is 3.35. The Morgan fingerprint density at radius 2 is 2.03 bits per heavy atom. The van der Waals surface area contributed by atoms with Gasteiger partial charge in [0, 0.05) is 26.7 Å². The van der Waals surface area contributed by atoms with Crippen molar-refractivity contribution in [1.82, 2.24) is 14.5 Å². The molecule has 5 nitrogen and oxygen atoms in total. The second kappa shape index (κ2) is 7.86.